The van der Waals surface area contributed by atoms with Gasteiger partial charge in [0.1, 0.15) is 0 Å². The van der Waals surface area contributed by atoms with E-state index in [1.807, 2.05) is 42.5 Å². The Hall–Kier alpha value is -4.05. The Morgan fingerprint density at radius 1 is 0.586 bits per heavy atom. The lowest BCUT2D eigenvalue weighted by Gasteiger charge is -2.14. The van der Waals surface area contributed by atoms with Gasteiger partial charge < -0.3 is 0 Å². The second kappa shape index (κ2) is 6.53. The molecular weight excluding hydrogens is 362 g/mol. The van der Waals surface area contributed by atoms with Gasteiger partial charge in [-0.3, -0.25) is 14.4 Å². The molecule has 0 saturated heterocycles. The molecule has 29 heavy (non-hydrogen) atoms. The quantitative estimate of drug-likeness (QED) is 0.378. The van der Waals surface area contributed by atoms with Crippen molar-refractivity contribution in [1.29, 1.82) is 0 Å². The van der Waals surface area contributed by atoms with Crippen molar-refractivity contribution < 1.29 is 14.4 Å². The van der Waals surface area contributed by atoms with Crippen molar-refractivity contribution in [2.75, 3.05) is 4.90 Å². The normalized spacial score (nSPS) is 13.0. The van der Waals surface area contributed by atoms with Crippen LogP contribution < -0.4 is 4.90 Å². The molecule has 0 bridgehead atoms. The van der Waals surface area contributed by atoms with Crippen LogP contribution in [0.2, 0.25) is 0 Å². The topological polar surface area (TPSA) is 54.5 Å². The summed E-state index contributed by atoms with van der Waals surface area (Å²) in [4.78, 5) is 39.9. The molecule has 0 saturated carbocycles. The first-order valence-electron chi connectivity index (χ1n) is 9.25. The van der Waals surface area contributed by atoms with E-state index >= 15 is 0 Å². The Balaban J connectivity index is 1.54. The highest BCUT2D eigenvalue weighted by Gasteiger charge is 2.37. The molecule has 0 N–H and O–H groups in total. The number of fused-ring (bicyclic) bond motifs is 2. The summed E-state index contributed by atoms with van der Waals surface area (Å²) in [5, 5.41) is 1.98. The Bertz CT molecular complexity index is 1310. The molecular formula is C25H15NO3. The molecule has 0 atom stereocenters. The molecule has 0 fully saturated rings. The number of carbonyl (C=O) groups excluding carboxylic acids is 3. The van der Waals surface area contributed by atoms with Crippen LogP contribution in [0.3, 0.4) is 0 Å². The zero-order valence-electron chi connectivity index (χ0n) is 15.3. The number of benzene rings is 4. The van der Waals surface area contributed by atoms with Gasteiger partial charge in [0.15, 0.2) is 5.78 Å². The van der Waals surface area contributed by atoms with Crippen LogP contribution in [-0.4, -0.2) is 17.6 Å². The first kappa shape index (κ1) is 17.1. The molecule has 0 radical (unpaired) electrons. The third-order valence-corrected chi connectivity index (χ3v) is 5.18. The Labute approximate surface area is 167 Å². The monoisotopic (exact) mass is 377 g/mol. The second-order valence-electron chi connectivity index (χ2n) is 6.93. The van der Waals surface area contributed by atoms with E-state index in [4.69, 9.17) is 0 Å². The van der Waals surface area contributed by atoms with Crippen LogP contribution in [0.25, 0.3) is 10.8 Å². The number of nitrogens with zero attached hydrogens (tertiary/aromatic N) is 1. The van der Waals surface area contributed by atoms with Crippen molar-refractivity contribution >= 4 is 34.1 Å². The van der Waals surface area contributed by atoms with Crippen molar-refractivity contribution in [3.63, 3.8) is 0 Å². The smallest absolute Gasteiger partial charge is 0.266 e. The fraction of sp³-hybridized carbons (Fsp3) is 0. The Kier molecular flexibility index (Phi) is 3.85. The molecule has 4 heteroatoms. The predicted octanol–water partition coefficient (Wildman–Crippen LogP) is 4.87. The molecule has 1 heterocycles. The van der Waals surface area contributed by atoms with E-state index in [9.17, 15) is 14.4 Å². The molecule has 0 spiro atoms. The standard InChI is InChI=1S/C25H15NO3/c27-23(17-7-2-1-3-8-17)19-11-13-21-22(15-19)25(29)26(24(21)28)20-12-10-16-6-4-5-9-18(16)14-20/h1-15H. The van der Waals surface area contributed by atoms with Crippen LogP contribution in [0.15, 0.2) is 91.0 Å². The van der Waals surface area contributed by atoms with Crippen molar-refractivity contribution in [3.8, 4) is 0 Å². The van der Waals surface area contributed by atoms with E-state index in [0.29, 0.717) is 22.4 Å². The summed E-state index contributed by atoms with van der Waals surface area (Å²) >= 11 is 0. The Morgan fingerprint density at radius 3 is 2.07 bits per heavy atom. The molecule has 0 aromatic heterocycles. The van der Waals surface area contributed by atoms with E-state index < -0.39 is 5.91 Å². The van der Waals surface area contributed by atoms with Gasteiger partial charge in [0.2, 0.25) is 0 Å². The first-order chi connectivity index (χ1) is 14.1. The highest BCUT2D eigenvalue weighted by molar-refractivity contribution is 6.35. The zero-order valence-corrected chi connectivity index (χ0v) is 15.3. The van der Waals surface area contributed by atoms with Gasteiger partial charge in [-0.15, -0.1) is 0 Å². The number of rotatable bonds is 3. The minimum absolute atomic E-state index is 0.183. The van der Waals surface area contributed by atoms with Crippen molar-refractivity contribution in [1.82, 2.24) is 0 Å². The zero-order chi connectivity index (χ0) is 20.0. The fourth-order valence-electron chi connectivity index (χ4n) is 3.69. The highest BCUT2D eigenvalue weighted by Crippen LogP contribution is 2.31. The Morgan fingerprint density at radius 2 is 1.28 bits per heavy atom. The average molecular weight is 377 g/mol. The summed E-state index contributed by atoms with van der Waals surface area (Å²) < 4.78 is 0. The van der Waals surface area contributed by atoms with E-state index in [0.717, 1.165) is 10.8 Å². The average Bonchev–Trinajstić information content (AvgIpc) is 3.03. The maximum Gasteiger partial charge on any atom is 0.266 e. The van der Waals surface area contributed by atoms with Gasteiger partial charge in [0.05, 0.1) is 16.8 Å². The molecule has 4 nitrogen and oxygen atoms in total. The molecule has 0 unspecified atom stereocenters. The predicted molar refractivity (Wildman–Crippen MR) is 111 cm³/mol. The number of amides is 2. The van der Waals surface area contributed by atoms with Gasteiger partial charge >= 0.3 is 0 Å². The lowest BCUT2D eigenvalue weighted by molar-refractivity contribution is 0.0925. The van der Waals surface area contributed by atoms with Crippen molar-refractivity contribution in [2.45, 2.75) is 0 Å². The lowest BCUT2D eigenvalue weighted by Crippen LogP contribution is -2.29. The van der Waals surface area contributed by atoms with E-state index in [1.54, 1.807) is 42.5 Å². The molecule has 1 aliphatic heterocycles. The summed E-state index contributed by atoms with van der Waals surface area (Å²) in [6.45, 7) is 0. The second-order valence-corrected chi connectivity index (χ2v) is 6.93. The van der Waals surface area contributed by atoms with Crippen LogP contribution in [-0.2, 0) is 0 Å². The summed E-state index contributed by atoms with van der Waals surface area (Å²) in [5.74, 6) is -0.972. The number of carbonyl (C=O) groups is 3. The largest absolute Gasteiger partial charge is 0.289 e. The van der Waals surface area contributed by atoms with Crippen LogP contribution in [0.4, 0.5) is 5.69 Å². The summed E-state index contributed by atoms with van der Waals surface area (Å²) in [5.41, 5.74) is 2.01. The summed E-state index contributed by atoms with van der Waals surface area (Å²) in [7, 11) is 0. The van der Waals surface area contributed by atoms with Crippen molar-refractivity contribution in [2.24, 2.45) is 0 Å². The molecule has 4 aromatic carbocycles. The van der Waals surface area contributed by atoms with Gasteiger partial charge in [0, 0.05) is 11.1 Å². The number of hydrogen-bond donors (Lipinski definition) is 0. The minimum atomic E-state index is -0.414. The van der Waals surface area contributed by atoms with Gasteiger partial charge in [0.25, 0.3) is 11.8 Å². The number of hydrogen-bond acceptors (Lipinski definition) is 3. The summed E-state index contributed by atoms with van der Waals surface area (Å²) in [6, 6.07) is 26.8. The molecule has 5 rings (SSSR count). The number of imide groups is 1. The SMILES string of the molecule is O=C(c1ccccc1)c1ccc2c(c1)C(=O)N(c1ccc3ccccc3c1)C2=O. The number of anilines is 1. The van der Waals surface area contributed by atoms with Gasteiger partial charge in [-0.25, -0.2) is 4.90 Å². The van der Waals surface area contributed by atoms with E-state index in [-0.39, 0.29) is 17.3 Å². The van der Waals surface area contributed by atoms with E-state index in [2.05, 4.69) is 0 Å². The third kappa shape index (κ3) is 2.74. The third-order valence-electron chi connectivity index (χ3n) is 5.18. The molecule has 4 aromatic rings. The van der Waals surface area contributed by atoms with Crippen LogP contribution in [0.1, 0.15) is 36.6 Å². The number of ketones is 1. The maximum atomic E-state index is 13.0. The molecule has 2 amide bonds. The van der Waals surface area contributed by atoms with Gasteiger partial charge in [-0.1, -0.05) is 66.7 Å². The molecule has 1 aliphatic rings. The van der Waals surface area contributed by atoms with Crippen LogP contribution in [0.5, 0.6) is 0 Å². The summed E-state index contributed by atoms with van der Waals surface area (Å²) in [6.07, 6.45) is 0. The van der Waals surface area contributed by atoms with Crippen LogP contribution >= 0.6 is 0 Å². The fourth-order valence-corrected chi connectivity index (χ4v) is 3.69. The minimum Gasteiger partial charge on any atom is -0.289 e. The highest BCUT2D eigenvalue weighted by atomic mass is 16.2. The first-order valence-corrected chi connectivity index (χ1v) is 9.25. The van der Waals surface area contributed by atoms with Gasteiger partial charge in [-0.05, 0) is 35.0 Å². The lowest BCUT2D eigenvalue weighted by atomic mass is 9.99. The van der Waals surface area contributed by atoms with Crippen molar-refractivity contribution in [3.05, 3.63) is 113 Å². The maximum absolute atomic E-state index is 13.0. The molecule has 0 aliphatic carbocycles. The van der Waals surface area contributed by atoms with E-state index in [1.165, 1.54) is 11.0 Å². The molecule has 138 valence electrons. The van der Waals surface area contributed by atoms with Gasteiger partial charge in [-0.2, -0.15) is 0 Å². The van der Waals surface area contributed by atoms with Crippen LogP contribution in [0, 0.1) is 0 Å².